The van der Waals surface area contributed by atoms with E-state index in [9.17, 15) is 0 Å². The minimum Gasteiger partial charge on any atom is -0.381 e. The summed E-state index contributed by atoms with van der Waals surface area (Å²) < 4.78 is 5.62. The van der Waals surface area contributed by atoms with Crippen LogP contribution in [0.3, 0.4) is 0 Å². The van der Waals surface area contributed by atoms with Gasteiger partial charge in [-0.05, 0) is 25.7 Å². The van der Waals surface area contributed by atoms with Crippen LogP contribution in [0.15, 0.2) is 4.99 Å². The zero-order valence-electron chi connectivity index (χ0n) is 10.5. The summed E-state index contributed by atoms with van der Waals surface area (Å²) >= 11 is 0. The minimum atomic E-state index is 0.512. The third-order valence-electron chi connectivity index (χ3n) is 4.52. The first-order valence-electron chi connectivity index (χ1n) is 7.02. The van der Waals surface area contributed by atoms with Crippen molar-refractivity contribution in [3.8, 4) is 0 Å². The SMILES string of the molecule is NC1=NCC(C2CCCOC2)N1C1CCCC1. The van der Waals surface area contributed by atoms with Gasteiger partial charge in [-0.3, -0.25) is 4.99 Å². The van der Waals surface area contributed by atoms with Crippen LogP contribution in [0.2, 0.25) is 0 Å². The van der Waals surface area contributed by atoms with E-state index in [1.165, 1.54) is 38.5 Å². The Hall–Kier alpha value is -0.770. The van der Waals surface area contributed by atoms with E-state index in [0.29, 0.717) is 18.0 Å². The van der Waals surface area contributed by atoms with Gasteiger partial charge in [0.15, 0.2) is 5.96 Å². The van der Waals surface area contributed by atoms with Crippen LogP contribution in [-0.4, -0.2) is 42.7 Å². The fourth-order valence-electron chi connectivity index (χ4n) is 3.61. The molecule has 4 heteroatoms. The molecule has 0 radical (unpaired) electrons. The molecule has 2 unspecified atom stereocenters. The standard InChI is InChI=1S/C13H23N3O/c14-13-15-8-12(10-4-3-7-17-9-10)16(13)11-5-1-2-6-11/h10-12H,1-9H2,(H2,14,15). The van der Waals surface area contributed by atoms with Crippen molar-refractivity contribution in [1.82, 2.24) is 4.90 Å². The molecule has 0 amide bonds. The van der Waals surface area contributed by atoms with Crippen molar-refractivity contribution in [2.75, 3.05) is 19.8 Å². The molecule has 0 aromatic rings. The number of hydrogen-bond donors (Lipinski definition) is 1. The maximum absolute atomic E-state index is 6.09. The molecule has 2 atom stereocenters. The van der Waals surface area contributed by atoms with Gasteiger partial charge in [0.05, 0.1) is 19.2 Å². The van der Waals surface area contributed by atoms with Gasteiger partial charge in [0, 0.05) is 18.6 Å². The van der Waals surface area contributed by atoms with E-state index in [1.807, 2.05) is 0 Å². The van der Waals surface area contributed by atoms with Gasteiger partial charge < -0.3 is 15.4 Å². The highest BCUT2D eigenvalue weighted by Crippen LogP contribution is 2.32. The Balaban J connectivity index is 1.70. The molecular formula is C13H23N3O. The molecule has 2 fully saturated rings. The average Bonchev–Trinajstić information content (AvgIpc) is 2.99. The molecule has 96 valence electrons. The number of nitrogens with two attached hydrogens (primary N) is 1. The zero-order valence-corrected chi connectivity index (χ0v) is 10.5. The predicted octanol–water partition coefficient (Wildman–Crippen LogP) is 1.35. The number of nitrogens with zero attached hydrogens (tertiary/aromatic N) is 2. The number of ether oxygens (including phenoxy) is 1. The van der Waals surface area contributed by atoms with Crippen molar-refractivity contribution < 1.29 is 4.74 Å². The van der Waals surface area contributed by atoms with Crippen molar-refractivity contribution in [3.05, 3.63) is 0 Å². The lowest BCUT2D eigenvalue weighted by atomic mass is 9.92. The van der Waals surface area contributed by atoms with E-state index in [4.69, 9.17) is 10.5 Å². The van der Waals surface area contributed by atoms with Crippen molar-refractivity contribution in [2.24, 2.45) is 16.6 Å². The zero-order chi connectivity index (χ0) is 11.7. The molecule has 2 aliphatic heterocycles. The molecule has 2 heterocycles. The fraction of sp³-hybridized carbons (Fsp3) is 0.923. The molecular weight excluding hydrogens is 214 g/mol. The summed E-state index contributed by atoms with van der Waals surface area (Å²) in [4.78, 5) is 6.91. The van der Waals surface area contributed by atoms with E-state index in [0.717, 1.165) is 25.7 Å². The summed E-state index contributed by atoms with van der Waals surface area (Å²) in [7, 11) is 0. The molecule has 3 rings (SSSR count). The largest absolute Gasteiger partial charge is 0.381 e. The smallest absolute Gasteiger partial charge is 0.191 e. The predicted molar refractivity (Wildman–Crippen MR) is 67.9 cm³/mol. The lowest BCUT2D eigenvalue weighted by molar-refractivity contribution is 0.0229. The average molecular weight is 237 g/mol. The molecule has 17 heavy (non-hydrogen) atoms. The van der Waals surface area contributed by atoms with E-state index in [1.54, 1.807) is 0 Å². The Bertz CT molecular complexity index is 293. The molecule has 2 N–H and O–H groups in total. The van der Waals surface area contributed by atoms with Gasteiger partial charge in [-0.1, -0.05) is 12.8 Å². The Morgan fingerprint density at radius 2 is 2.00 bits per heavy atom. The van der Waals surface area contributed by atoms with Crippen LogP contribution in [0.1, 0.15) is 38.5 Å². The van der Waals surface area contributed by atoms with Crippen molar-refractivity contribution >= 4 is 5.96 Å². The van der Waals surface area contributed by atoms with Crippen LogP contribution < -0.4 is 5.73 Å². The molecule has 0 bridgehead atoms. The molecule has 0 spiro atoms. The van der Waals surface area contributed by atoms with E-state index in [-0.39, 0.29) is 0 Å². The van der Waals surface area contributed by atoms with Crippen LogP contribution in [0.25, 0.3) is 0 Å². The molecule has 0 aromatic heterocycles. The molecule has 0 aromatic carbocycles. The first kappa shape index (κ1) is 11.3. The number of hydrogen-bond acceptors (Lipinski definition) is 4. The second-order valence-electron chi connectivity index (χ2n) is 5.59. The van der Waals surface area contributed by atoms with Gasteiger partial charge >= 0.3 is 0 Å². The van der Waals surface area contributed by atoms with Gasteiger partial charge in [-0.15, -0.1) is 0 Å². The number of rotatable bonds is 2. The quantitative estimate of drug-likeness (QED) is 0.789. The topological polar surface area (TPSA) is 50.9 Å². The van der Waals surface area contributed by atoms with Crippen LogP contribution in [-0.2, 0) is 4.74 Å². The second-order valence-corrected chi connectivity index (χ2v) is 5.59. The van der Waals surface area contributed by atoms with Gasteiger partial charge in [-0.25, -0.2) is 0 Å². The van der Waals surface area contributed by atoms with Crippen LogP contribution in [0.4, 0.5) is 0 Å². The lowest BCUT2D eigenvalue weighted by Crippen LogP contribution is -2.51. The van der Waals surface area contributed by atoms with E-state index in [2.05, 4.69) is 9.89 Å². The van der Waals surface area contributed by atoms with E-state index >= 15 is 0 Å². The number of aliphatic imine (C=N–C) groups is 1. The van der Waals surface area contributed by atoms with Crippen LogP contribution in [0, 0.1) is 5.92 Å². The summed E-state index contributed by atoms with van der Waals surface area (Å²) in [6.45, 7) is 2.72. The summed E-state index contributed by atoms with van der Waals surface area (Å²) in [5, 5.41) is 0. The maximum atomic E-state index is 6.09. The van der Waals surface area contributed by atoms with Crippen LogP contribution >= 0.6 is 0 Å². The van der Waals surface area contributed by atoms with Gasteiger partial charge in [0.2, 0.25) is 0 Å². The van der Waals surface area contributed by atoms with Crippen molar-refractivity contribution in [2.45, 2.75) is 50.6 Å². The van der Waals surface area contributed by atoms with Gasteiger partial charge in [0.25, 0.3) is 0 Å². The van der Waals surface area contributed by atoms with Crippen molar-refractivity contribution in [3.63, 3.8) is 0 Å². The summed E-state index contributed by atoms with van der Waals surface area (Å²) in [6.07, 6.45) is 7.75. The third kappa shape index (κ3) is 2.15. The maximum Gasteiger partial charge on any atom is 0.191 e. The molecule has 4 nitrogen and oxygen atoms in total. The highest BCUT2D eigenvalue weighted by molar-refractivity contribution is 5.80. The Labute approximate surface area is 103 Å². The highest BCUT2D eigenvalue weighted by Gasteiger charge is 2.38. The monoisotopic (exact) mass is 237 g/mol. The first-order chi connectivity index (χ1) is 8.36. The van der Waals surface area contributed by atoms with Crippen LogP contribution in [0.5, 0.6) is 0 Å². The lowest BCUT2D eigenvalue weighted by Gasteiger charge is -2.38. The fourth-order valence-corrected chi connectivity index (χ4v) is 3.61. The molecule has 1 saturated carbocycles. The summed E-state index contributed by atoms with van der Waals surface area (Å²) in [5.41, 5.74) is 6.09. The Morgan fingerprint density at radius 3 is 2.71 bits per heavy atom. The Kier molecular flexibility index (Phi) is 3.23. The summed E-state index contributed by atoms with van der Waals surface area (Å²) in [6, 6.07) is 1.16. The molecule has 1 saturated heterocycles. The molecule has 1 aliphatic carbocycles. The van der Waals surface area contributed by atoms with Gasteiger partial charge in [-0.2, -0.15) is 0 Å². The molecule has 3 aliphatic rings. The highest BCUT2D eigenvalue weighted by atomic mass is 16.5. The number of guanidine groups is 1. The normalized spacial score (nSPS) is 35.3. The first-order valence-corrected chi connectivity index (χ1v) is 7.02. The summed E-state index contributed by atoms with van der Waals surface area (Å²) in [5.74, 6) is 1.42. The van der Waals surface area contributed by atoms with Gasteiger partial charge in [0.1, 0.15) is 0 Å². The Morgan fingerprint density at radius 1 is 1.18 bits per heavy atom. The third-order valence-corrected chi connectivity index (χ3v) is 4.52. The second kappa shape index (κ2) is 4.84. The van der Waals surface area contributed by atoms with Crippen molar-refractivity contribution in [1.29, 1.82) is 0 Å². The van der Waals surface area contributed by atoms with E-state index < -0.39 is 0 Å². The minimum absolute atomic E-state index is 0.512.